The van der Waals surface area contributed by atoms with E-state index in [0.717, 1.165) is 44.9 Å². The smallest absolute Gasteiger partial charge is 0.307 e. The van der Waals surface area contributed by atoms with Crippen molar-refractivity contribution in [3.05, 3.63) is 0 Å². The van der Waals surface area contributed by atoms with Crippen LogP contribution in [-0.4, -0.2) is 35.4 Å². The van der Waals surface area contributed by atoms with Crippen LogP contribution in [0.3, 0.4) is 0 Å². The summed E-state index contributed by atoms with van der Waals surface area (Å²) in [5.41, 5.74) is 0. The van der Waals surface area contributed by atoms with Crippen molar-refractivity contribution in [1.29, 1.82) is 0 Å². The van der Waals surface area contributed by atoms with Gasteiger partial charge >= 0.3 is 11.9 Å². The Balaban J connectivity index is 3.49. The van der Waals surface area contributed by atoms with Crippen molar-refractivity contribution in [2.45, 2.75) is 108 Å². The molecule has 3 unspecified atom stereocenters. The van der Waals surface area contributed by atoms with Crippen LogP contribution >= 0.6 is 23.2 Å². The summed E-state index contributed by atoms with van der Waals surface area (Å²) in [6.45, 7) is 6.12. The SMILES string of the molecule is CCC(CCCCCCCCCOC(=O)CC(C)Cl)OC(=O)CC(C)Cl. The molecular formula is C20H36Cl2O4. The minimum Gasteiger partial charge on any atom is -0.466 e. The molecule has 0 heterocycles. The number of carbonyl (C=O) groups is 2. The van der Waals surface area contributed by atoms with Crippen molar-refractivity contribution in [2.75, 3.05) is 6.61 Å². The van der Waals surface area contributed by atoms with E-state index in [1.54, 1.807) is 13.8 Å². The van der Waals surface area contributed by atoms with E-state index < -0.39 is 0 Å². The van der Waals surface area contributed by atoms with Crippen molar-refractivity contribution in [1.82, 2.24) is 0 Å². The van der Waals surface area contributed by atoms with E-state index in [-0.39, 0.29) is 41.6 Å². The Bertz CT molecular complexity index is 373. The number of unbranched alkanes of at least 4 members (excludes halogenated alkanes) is 6. The van der Waals surface area contributed by atoms with E-state index in [0.29, 0.717) is 6.61 Å². The maximum atomic E-state index is 11.6. The van der Waals surface area contributed by atoms with Gasteiger partial charge in [-0.15, -0.1) is 23.2 Å². The minimum absolute atomic E-state index is 0.0170. The van der Waals surface area contributed by atoms with Crippen molar-refractivity contribution >= 4 is 35.1 Å². The van der Waals surface area contributed by atoms with Gasteiger partial charge in [0, 0.05) is 10.8 Å². The topological polar surface area (TPSA) is 52.6 Å². The summed E-state index contributed by atoms with van der Waals surface area (Å²) in [5, 5.41) is -0.338. The van der Waals surface area contributed by atoms with Gasteiger partial charge in [-0.1, -0.05) is 39.0 Å². The van der Waals surface area contributed by atoms with Crippen LogP contribution in [0.15, 0.2) is 0 Å². The fourth-order valence-corrected chi connectivity index (χ4v) is 2.89. The van der Waals surface area contributed by atoms with Gasteiger partial charge in [-0.05, 0) is 39.5 Å². The molecule has 0 fully saturated rings. The van der Waals surface area contributed by atoms with E-state index in [4.69, 9.17) is 32.7 Å². The highest BCUT2D eigenvalue weighted by Crippen LogP contribution is 2.14. The minimum atomic E-state index is -0.209. The van der Waals surface area contributed by atoms with Gasteiger partial charge in [0.25, 0.3) is 0 Å². The molecule has 0 aromatic rings. The first kappa shape index (κ1) is 25.5. The standard InChI is InChI=1S/C20H36Cl2O4/c1-4-18(26-20(24)15-17(3)22)12-10-8-6-5-7-9-11-13-25-19(23)14-16(2)21/h16-18H,4-15H2,1-3H3. The van der Waals surface area contributed by atoms with E-state index in [1.807, 2.05) is 6.92 Å². The Kier molecular flexibility index (Phi) is 16.4. The van der Waals surface area contributed by atoms with Gasteiger partial charge in [0.05, 0.1) is 19.4 Å². The van der Waals surface area contributed by atoms with Gasteiger partial charge in [-0.3, -0.25) is 9.59 Å². The second-order valence-electron chi connectivity index (χ2n) is 6.97. The Hall–Kier alpha value is -0.480. The van der Waals surface area contributed by atoms with Crippen LogP contribution in [0.4, 0.5) is 0 Å². The molecule has 0 aliphatic rings. The molecule has 0 bridgehead atoms. The zero-order valence-corrected chi connectivity index (χ0v) is 18.1. The lowest BCUT2D eigenvalue weighted by atomic mass is 10.1. The molecule has 6 heteroatoms. The molecule has 0 spiro atoms. The van der Waals surface area contributed by atoms with Crippen molar-refractivity contribution in [3.8, 4) is 0 Å². The average Bonchev–Trinajstić information content (AvgIpc) is 2.53. The van der Waals surface area contributed by atoms with Crippen LogP contribution in [0.25, 0.3) is 0 Å². The third kappa shape index (κ3) is 17.0. The summed E-state index contributed by atoms with van der Waals surface area (Å²) >= 11 is 11.5. The lowest BCUT2D eigenvalue weighted by molar-refractivity contribution is -0.149. The molecule has 26 heavy (non-hydrogen) atoms. The molecule has 0 rings (SSSR count). The van der Waals surface area contributed by atoms with E-state index in [9.17, 15) is 9.59 Å². The fourth-order valence-electron chi connectivity index (χ4n) is 2.64. The molecule has 0 amide bonds. The summed E-state index contributed by atoms with van der Waals surface area (Å²) in [6, 6.07) is 0. The van der Waals surface area contributed by atoms with Crippen molar-refractivity contribution < 1.29 is 19.1 Å². The first-order valence-electron chi connectivity index (χ1n) is 9.98. The Labute approximate surface area is 169 Å². The number of hydrogen-bond donors (Lipinski definition) is 0. The number of hydrogen-bond acceptors (Lipinski definition) is 4. The van der Waals surface area contributed by atoms with E-state index in [2.05, 4.69) is 0 Å². The van der Waals surface area contributed by atoms with Crippen LogP contribution in [0.1, 0.15) is 91.4 Å². The highest BCUT2D eigenvalue weighted by molar-refractivity contribution is 6.21. The predicted molar refractivity (Wildman–Crippen MR) is 108 cm³/mol. The molecule has 0 aliphatic heterocycles. The van der Waals surface area contributed by atoms with Gasteiger partial charge in [-0.2, -0.15) is 0 Å². The van der Waals surface area contributed by atoms with Gasteiger partial charge in [0.1, 0.15) is 6.10 Å². The number of carbonyl (C=O) groups excluding carboxylic acids is 2. The van der Waals surface area contributed by atoms with Crippen molar-refractivity contribution in [3.63, 3.8) is 0 Å². The molecule has 0 radical (unpaired) electrons. The third-order valence-corrected chi connectivity index (χ3v) is 4.39. The average molecular weight is 411 g/mol. The molecule has 154 valence electrons. The molecule has 0 saturated carbocycles. The van der Waals surface area contributed by atoms with E-state index in [1.165, 1.54) is 12.8 Å². The van der Waals surface area contributed by atoms with Gasteiger partial charge in [0.2, 0.25) is 0 Å². The monoisotopic (exact) mass is 410 g/mol. The number of esters is 2. The largest absolute Gasteiger partial charge is 0.466 e. The molecular weight excluding hydrogens is 375 g/mol. The van der Waals surface area contributed by atoms with Gasteiger partial charge < -0.3 is 9.47 Å². The fraction of sp³-hybridized carbons (Fsp3) is 0.900. The maximum Gasteiger partial charge on any atom is 0.307 e. The maximum absolute atomic E-state index is 11.6. The van der Waals surface area contributed by atoms with Gasteiger partial charge in [-0.25, -0.2) is 0 Å². The zero-order valence-electron chi connectivity index (χ0n) is 16.6. The van der Waals surface area contributed by atoms with E-state index >= 15 is 0 Å². The number of alkyl halides is 2. The van der Waals surface area contributed by atoms with Crippen LogP contribution in [0.5, 0.6) is 0 Å². The molecule has 0 aromatic carbocycles. The number of halogens is 2. The first-order chi connectivity index (χ1) is 12.3. The molecule has 3 atom stereocenters. The van der Waals surface area contributed by atoms with Crippen molar-refractivity contribution in [2.24, 2.45) is 0 Å². The quantitative estimate of drug-likeness (QED) is 0.177. The summed E-state index contributed by atoms with van der Waals surface area (Å²) in [7, 11) is 0. The van der Waals surface area contributed by atoms with Gasteiger partial charge in [0.15, 0.2) is 0 Å². The van der Waals surface area contributed by atoms with Crippen LogP contribution in [-0.2, 0) is 19.1 Å². The number of rotatable bonds is 16. The summed E-state index contributed by atoms with van der Waals surface area (Å²) < 4.78 is 10.6. The number of ether oxygens (including phenoxy) is 2. The summed E-state index contributed by atoms with van der Waals surface area (Å²) in [5.74, 6) is -0.403. The Morgan fingerprint density at radius 3 is 1.85 bits per heavy atom. The summed E-state index contributed by atoms with van der Waals surface area (Å²) in [4.78, 5) is 22.9. The zero-order chi connectivity index (χ0) is 19.8. The van der Waals surface area contributed by atoms with Crippen LogP contribution in [0, 0.1) is 0 Å². The summed E-state index contributed by atoms with van der Waals surface area (Å²) in [6.07, 6.45) is 10.1. The first-order valence-corrected chi connectivity index (χ1v) is 10.9. The Morgan fingerprint density at radius 1 is 0.808 bits per heavy atom. The highest BCUT2D eigenvalue weighted by Gasteiger charge is 2.14. The molecule has 0 saturated heterocycles. The lowest BCUT2D eigenvalue weighted by Crippen LogP contribution is -2.19. The Morgan fingerprint density at radius 2 is 1.31 bits per heavy atom. The molecule has 4 nitrogen and oxygen atoms in total. The second kappa shape index (κ2) is 16.7. The van der Waals surface area contributed by atoms with Crippen LogP contribution in [0.2, 0.25) is 0 Å². The second-order valence-corrected chi connectivity index (χ2v) is 8.46. The molecule has 0 aliphatic carbocycles. The normalized spacial score (nSPS) is 14.5. The molecule has 0 aromatic heterocycles. The molecule has 0 N–H and O–H groups in total. The predicted octanol–water partition coefficient (Wildman–Crippen LogP) is 6.01. The van der Waals surface area contributed by atoms with Crippen LogP contribution < -0.4 is 0 Å². The lowest BCUT2D eigenvalue weighted by Gasteiger charge is -2.16. The highest BCUT2D eigenvalue weighted by atomic mass is 35.5. The third-order valence-electron chi connectivity index (χ3n) is 4.08.